The summed E-state index contributed by atoms with van der Waals surface area (Å²) >= 11 is 0. The lowest BCUT2D eigenvalue weighted by Crippen LogP contribution is -2.04. The van der Waals surface area contributed by atoms with Crippen molar-refractivity contribution in [2.75, 3.05) is 5.73 Å². The minimum Gasteiger partial charge on any atom is -0.369 e. The van der Waals surface area contributed by atoms with Gasteiger partial charge in [0.05, 0.1) is 5.69 Å². The maximum atomic E-state index is 5.74. The van der Waals surface area contributed by atoms with Crippen LogP contribution in [0.2, 0.25) is 0 Å². The number of anilines is 1. The first-order valence-corrected chi connectivity index (χ1v) is 4.94. The molecule has 0 aromatic carbocycles. The molecule has 2 aromatic heterocycles. The maximum absolute atomic E-state index is 5.74. The van der Waals surface area contributed by atoms with Crippen molar-refractivity contribution >= 4 is 5.95 Å². The molecule has 0 saturated heterocycles. The highest BCUT2D eigenvalue weighted by atomic mass is 15.1. The lowest BCUT2D eigenvalue weighted by atomic mass is 10.2. The van der Waals surface area contributed by atoms with Crippen molar-refractivity contribution in [3.05, 3.63) is 42.0 Å². The normalized spacial score (nSPS) is 10.5. The van der Waals surface area contributed by atoms with Crippen LogP contribution in [0.3, 0.4) is 0 Å². The van der Waals surface area contributed by atoms with Crippen molar-refractivity contribution in [3.8, 4) is 0 Å². The summed E-state index contributed by atoms with van der Waals surface area (Å²) in [6.07, 6.45) is 6.54. The van der Waals surface area contributed by atoms with E-state index >= 15 is 0 Å². The number of nitrogen functional groups attached to an aromatic ring is 1. The van der Waals surface area contributed by atoms with E-state index in [9.17, 15) is 0 Å². The largest absolute Gasteiger partial charge is 0.369 e. The van der Waals surface area contributed by atoms with Crippen molar-refractivity contribution in [1.29, 1.82) is 0 Å². The van der Waals surface area contributed by atoms with Crippen LogP contribution >= 0.6 is 0 Å². The fraction of sp³-hybridized carbons (Fsp3) is 0.273. The second kappa shape index (κ2) is 4.13. The third-order valence-electron chi connectivity index (χ3n) is 2.29. The Morgan fingerprint density at radius 2 is 2.33 bits per heavy atom. The molecule has 0 radical (unpaired) electrons. The number of pyridine rings is 1. The van der Waals surface area contributed by atoms with Gasteiger partial charge >= 0.3 is 0 Å². The Balaban J connectivity index is 2.02. The van der Waals surface area contributed by atoms with E-state index in [1.807, 2.05) is 30.0 Å². The highest BCUT2D eigenvalue weighted by Crippen LogP contribution is 2.06. The van der Waals surface area contributed by atoms with Gasteiger partial charge in [0.15, 0.2) is 5.95 Å². The van der Waals surface area contributed by atoms with Gasteiger partial charge in [-0.3, -0.25) is 4.98 Å². The molecule has 0 saturated carbocycles. The van der Waals surface area contributed by atoms with Gasteiger partial charge in [0.2, 0.25) is 0 Å². The third-order valence-corrected chi connectivity index (χ3v) is 2.29. The standard InChI is InChI=1S/C11H14N4/c1-9-8-15(11(12)14-9)6-4-10-3-2-5-13-7-10/h2-3,5,7-8H,4,6H2,1H3,(H2,12,14). The number of rotatable bonds is 3. The molecule has 0 aliphatic carbocycles. The molecule has 0 unspecified atom stereocenters. The molecule has 2 rings (SSSR count). The molecule has 2 aromatic rings. The zero-order valence-corrected chi connectivity index (χ0v) is 8.72. The molecule has 0 bridgehead atoms. The Morgan fingerprint density at radius 3 is 2.93 bits per heavy atom. The van der Waals surface area contributed by atoms with E-state index in [4.69, 9.17) is 5.73 Å². The minimum atomic E-state index is 0.580. The lowest BCUT2D eigenvalue weighted by molar-refractivity contribution is 0.704. The van der Waals surface area contributed by atoms with E-state index < -0.39 is 0 Å². The molecule has 15 heavy (non-hydrogen) atoms. The van der Waals surface area contributed by atoms with Crippen LogP contribution in [0.1, 0.15) is 11.3 Å². The molecule has 4 nitrogen and oxygen atoms in total. The lowest BCUT2D eigenvalue weighted by Gasteiger charge is -2.03. The van der Waals surface area contributed by atoms with Gasteiger partial charge < -0.3 is 10.3 Å². The predicted octanol–water partition coefficient (Wildman–Crippen LogP) is 1.41. The Labute approximate surface area is 88.8 Å². The summed E-state index contributed by atoms with van der Waals surface area (Å²) in [5.74, 6) is 0.580. The van der Waals surface area contributed by atoms with Crippen molar-refractivity contribution < 1.29 is 0 Å². The molecule has 0 aliphatic heterocycles. The first kappa shape index (κ1) is 9.71. The fourth-order valence-corrected chi connectivity index (χ4v) is 1.54. The van der Waals surface area contributed by atoms with Gasteiger partial charge in [0, 0.05) is 25.1 Å². The van der Waals surface area contributed by atoms with Crippen LogP contribution in [0, 0.1) is 6.92 Å². The summed E-state index contributed by atoms with van der Waals surface area (Å²) in [5.41, 5.74) is 7.91. The Kier molecular flexibility index (Phi) is 2.67. The van der Waals surface area contributed by atoms with Crippen LogP contribution < -0.4 is 5.73 Å². The quantitative estimate of drug-likeness (QED) is 0.818. The zero-order valence-electron chi connectivity index (χ0n) is 8.72. The summed E-state index contributed by atoms with van der Waals surface area (Å²) in [5, 5.41) is 0. The minimum absolute atomic E-state index is 0.580. The molecular weight excluding hydrogens is 188 g/mol. The molecule has 0 atom stereocenters. The molecule has 78 valence electrons. The van der Waals surface area contributed by atoms with Gasteiger partial charge in [0.25, 0.3) is 0 Å². The van der Waals surface area contributed by atoms with Crippen molar-refractivity contribution in [2.45, 2.75) is 19.9 Å². The van der Waals surface area contributed by atoms with E-state index in [2.05, 4.69) is 16.0 Å². The monoisotopic (exact) mass is 202 g/mol. The third kappa shape index (κ3) is 2.34. The van der Waals surface area contributed by atoms with Gasteiger partial charge in [0.1, 0.15) is 0 Å². The van der Waals surface area contributed by atoms with Gasteiger partial charge in [-0.25, -0.2) is 4.98 Å². The van der Waals surface area contributed by atoms with Gasteiger partial charge in [-0.2, -0.15) is 0 Å². The fourth-order valence-electron chi connectivity index (χ4n) is 1.54. The Hall–Kier alpha value is -1.84. The summed E-state index contributed by atoms with van der Waals surface area (Å²) in [7, 11) is 0. The van der Waals surface area contributed by atoms with E-state index in [1.54, 1.807) is 6.20 Å². The molecular formula is C11H14N4. The van der Waals surface area contributed by atoms with Crippen LogP contribution in [0.15, 0.2) is 30.7 Å². The molecule has 0 fully saturated rings. The summed E-state index contributed by atoms with van der Waals surface area (Å²) in [6.45, 7) is 2.79. The summed E-state index contributed by atoms with van der Waals surface area (Å²) in [4.78, 5) is 8.22. The average Bonchev–Trinajstić information content (AvgIpc) is 2.56. The molecule has 2 heterocycles. The highest BCUT2D eigenvalue weighted by molar-refractivity contribution is 5.21. The first-order chi connectivity index (χ1) is 7.25. The first-order valence-electron chi connectivity index (χ1n) is 4.94. The van der Waals surface area contributed by atoms with Gasteiger partial charge in [-0.15, -0.1) is 0 Å². The van der Waals surface area contributed by atoms with Crippen LogP contribution in [0.5, 0.6) is 0 Å². The molecule has 0 spiro atoms. The topological polar surface area (TPSA) is 56.7 Å². The number of hydrogen-bond acceptors (Lipinski definition) is 3. The van der Waals surface area contributed by atoms with E-state index in [-0.39, 0.29) is 0 Å². The number of aryl methyl sites for hydroxylation is 3. The van der Waals surface area contributed by atoms with Crippen molar-refractivity contribution in [2.24, 2.45) is 0 Å². The van der Waals surface area contributed by atoms with Crippen molar-refractivity contribution in [1.82, 2.24) is 14.5 Å². The van der Waals surface area contributed by atoms with E-state index in [0.29, 0.717) is 5.95 Å². The van der Waals surface area contributed by atoms with Crippen LogP contribution in [-0.2, 0) is 13.0 Å². The number of aromatic nitrogens is 3. The van der Waals surface area contributed by atoms with Gasteiger partial charge in [-0.1, -0.05) is 6.07 Å². The number of nitrogens with two attached hydrogens (primary N) is 1. The Morgan fingerprint density at radius 1 is 1.47 bits per heavy atom. The van der Waals surface area contributed by atoms with E-state index in [0.717, 1.165) is 18.7 Å². The predicted molar refractivity (Wildman–Crippen MR) is 59.3 cm³/mol. The van der Waals surface area contributed by atoms with E-state index in [1.165, 1.54) is 5.56 Å². The summed E-state index contributed by atoms with van der Waals surface area (Å²) < 4.78 is 1.96. The zero-order chi connectivity index (χ0) is 10.7. The maximum Gasteiger partial charge on any atom is 0.200 e. The summed E-state index contributed by atoms with van der Waals surface area (Å²) in [6, 6.07) is 4.00. The van der Waals surface area contributed by atoms with Crippen LogP contribution in [-0.4, -0.2) is 14.5 Å². The van der Waals surface area contributed by atoms with Gasteiger partial charge in [-0.05, 0) is 25.0 Å². The van der Waals surface area contributed by atoms with Crippen LogP contribution in [0.25, 0.3) is 0 Å². The number of hydrogen-bond donors (Lipinski definition) is 1. The molecule has 4 heteroatoms. The molecule has 0 aliphatic rings. The number of nitrogens with zero attached hydrogens (tertiary/aromatic N) is 3. The second-order valence-electron chi connectivity index (χ2n) is 3.55. The molecule has 0 amide bonds. The average molecular weight is 202 g/mol. The second-order valence-corrected chi connectivity index (χ2v) is 3.55. The highest BCUT2D eigenvalue weighted by Gasteiger charge is 2.01. The van der Waals surface area contributed by atoms with Crippen molar-refractivity contribution in [3.63, 3.8) is 0 Å². The number of imidazole rings is 1. The Bertz CT molecular complexity index is 433. The molecule has 2 N–H and O–H groups in total. The smallest absolute Gasteiger partial charge is 0.200 e. The SMILES string of the molecule is Cc1cn(CCc2cccnc2)c(N)n1. The van der Waals surface area contributed by atoms with Crippen LogP contribution in [0.4, 0.5) is 5.95 Å².